The number of nitro benzene ring substituents is 1. The number of carbonyl (C=O) groups is 2. The smallest absolute Gasteiger partial charge is 0.271 e. The summed E-state index contributed by atoms with van der Waals surface area (Å²) in [6.07, 6.45) is 0.976. The molecule has 0 aromatic heterocycles. The largest absolute Gasteiger partial charge is 0.324 e. The molecule has 128 valence electrons. The van der Waals surface area contributed by atoms with Crippen molar-refractivity contribution < 1.29 is 14.5 Å². The first-order chi connectivity index (χ1) is 11.9. The van der Waals surface area contributed by atoms with Gasteiger partial charge in [0.05, 0.1) is 4.92 Å². The molecule has 2 aromatic rings. The van der Waals surface area contributed by atoms with Crippen LogP contribution in [0.1, 0.15) is 12.0 Å². The maximum atomic E-state index is 12.3. The summed E-state index contributed by atoms with van der Waals surface area (Å²) in [6, 6.07) is 11.2. The van der Waals surface area contributed by atoms with Crippen molar-refractivity contribution in [2.75, 3.05) is 16.8 Å². The van der Waals surface area contributed by atoms with Crippen molar-refractivity contribution in [2.45, 2.75) is 12.8 Å². The summed E-state index contributed by atoms with van der Waals surface area (Å²) in [5.41, 5.74) is 1.92. The lowest BCUT2D eigenvalue weighted by molar-refractivity contribution is -0.384. The van der Waals surface area contributed by atoms with E-state index in [0.717, 1.165) is 10.0 Å². The number of aryl methyl sites for hydroxylation is 1. The van der Waals surface area contributed by atoms with Crippen LogP contribution in [-0.2, 0) is 16.0 Å². The number of nitrogens with one attached hydrogen (secondary N) is 1. The highest BCUT2D eigenvalue weighted by Crippen LogP contribution is 2.30. The second-order valence-electron chi connectivity index (χ2n) is 5.61. The molecule has 0 saturated heterocycles. The first kappa shape index (κ1) is 17.1. The summed E-state index contributed by atoms with van der Waals surface area (Å²) >= 11 is 3.40. The van der Waals surface area contributed by atoms with Gasteiger partial charge in [-0.25, -0.2) is 0 Å². The Morgan fingerprint density at radius 1 is 1.24 bits per heavy atom. The van der Waals surface area contributed by atoms with Gasteiger partial charge in [0, 0.05) is 34.4 Å². The standard InChI is InChI=1S/C17H14BrN3O4/c18-12-5-6-15-11(8-12)4-7-17(23)20(15)10-16(22)19-13-2-1-3-14(9-13)21(24)25/h1-3,5-6,8-9H,4,7,10H2,(H,19,22). The van der Waals surface area contributed by atoms with Crippen molar-refractivity contribution in [3.8, 4) is 0 Å². The summed E-state index contributed by atoms with van der Waals surface area (Å²) in [5, 5.41) is 13.4. The molecule has 0 saturated carbocycles. The van der Waals surface area contributed by atoms with Crippen LogP contribution in [0.3, 0.4) is 0 Å². The third-order valence-corrected chi connectivity index (χ3v) is 4.38. The zero-order valence-corrected chi connectivity index (χ0v) is 14.7. The number of fused-ring (bicyclic) bond motifs is 1. The van der Waals surface area contributed by atoms with E-state index in [1.54, 1.807) is 12.1 Å². The van der Waals surface area contributed by atoms with Gasteiger partial charge in [-0.15, -0.1) is 0 Å². The van der Waals surface area contributed by atoms with Gasteiger partial charge in [0.2, 0.25) is 11.8 Å². The van der Waals surface area contributed by atoms with Crippen LogP contribution in [0, 0.1) is 10.1 Å². The molecule has 1 N–H and O–H groups in total. The Hall–Kier alpha value is -2.74. The normalized spacial score (nSPS) is 13.3. The lowest BCUT2D eigenvalue weighted by Gasteiger charge is -2.29. The molecule has 0 fully saturated rings. The highest BCUT2D eigenvalue weighted by atomic mass is 79.9. The Bertz CT molecular complexity index is 869. The van der Waals surface area contributed by atoms with Gasteiger partial charge in [-0.05, 0) is 36.2 Å². The first-order valence-corrected chi connectivity index (χ1v) is 8.36. The number of nitro groups is 1. The Morgan fingerprint density at radius 2 is 2.04 bits per heavy atom. The van der Waals surface area contributed by atoms with Crippen molar-refractivity contribution in [1.82, 2.24) is 0 Å². The molecule has 0 atom stereocenters. The third kappa shape index (κ3) is 3.85. The molecule has 0 spiro atoms. The van der Waals surface area contributed by atoms with Gasteiger partial charge in [0.25, 0.3) is 5.69 Å². The van der Waals surface area contributed by atoms with E-state index in [9.17, 15) is 19.7 Å². The predicted molar refractivity (Wildman–Crippen MR) is 96.5 cm³/mol. The van der Waals surface area contributed by atoms with Crippen LogP contribution < -0.4 is 10.2 Å². The Morgan fingerprint density at radius 3 is 2.80 bits per heavy atom. The van der Waals surface area contributed by atoms with E-state index < -0.39 is 10.8 Å². The van der Waals surface area contributed by atoms with Gasteiger partial charge in [0.1, 0.15) is 6.54 Å². The minimum absolute atomic E-state index is 0.109. The maximum absolute atomic E-state index is 12.3. The van der Waals surface area contributed by atoms with E-state index in [4.69, 9.17) is 0 Å². The molecule has 8 heteroatoms. The molecular weight excluding hydrogens is 390 g/mol. The van der Waals surface area contributed by atoms with E-state index >= 15 is 0 Å². The molecule has 0 radical (unpaired) electrons. The van der Waals surface area contributed by atoms with Crippen molar-refractivity contribution in [3.63, 3.8) is 0 Å². The zero-order chi connectivity index (χ0) is 18.0. The fourth-order valence-corrected chi connectivity index (χ4v) is 3.15. The summed E-state index contributed by atoms with van der Waals surface area (Å²) in [6.45, 7) is -0.143. The summed E-state index contributed by atoms with van der Waals surface area (Å²) in [7, 11) is 0. The number of carbonyl (C=O) groups excluding carboxylic acids is 2. The summed E-state index contributed by atoms with van der Waals surface area (Å²) in [4.78, 5) is 36.2. The monoisotopic (exact) mass is 403 g/mol. The van der Waals surface area contributed by atoms with Crippen LogP contribution in [0.15, 0.2) is 46.9 Å². The van der Waals surface area contributed by atoms with Gasteiger partial charge < -0.3 is 10.2 Å². The summed E-state index contributed by atoms with van der Waals surface area (Å²) < 4.78 is 0.918. The van der Waals surface area contributed by atoms with Gasteiger partial charge in [-0.2, -0.15) is 0 Å². The van der Waals surface area contributed by atoms with Crippen LogP contribution in [0.25, 0.3) is 0 Å². The molecule has 25 heavy (non-hydrogen) atoms. The first-order valence-electron chi connectivity index (χ1n) is 7.57. The average Bonchev–Trinajstić information content (AvgIpc) is 2.57. The quantitative estimate of drug-likeness (QED) is 0.625. The zero-order valence-electron chi connectivity index (χ0n) is 13.1. The van der Waals surface area contributed by atoms with E-state index in [0.29, 0.717) is 24.2 Å². The van der Waals surface area contributed by atoms with E-state index in [1.165, 1.54) is 23.1 Å². The minimum atomic E-state index is -0.530. The second kappa shape index (κ2) is 7.02. The SMILES string of the molecule is O=C(CN1C(=O)CCc2cc(Br)ccc21)Nc1cccc([N+](=O)[O-])c1. The molecule has 1 aliphatic rings. The highest BCUT2D eigenvalue weighted by Gasteiger charge is 2.26. The average molecular weight is 404 g/mol. The molecule has 3 rings (SSSR count). The number of hydrogen-bond acceptors (Lipinski definition) is 4. The van der Waals surface area contributed by atoms with E-state index in [-0.39, 0.29) is 18.1 Å². The van der Waals surface area contributed by atoms with Crippen molar-refractivity contribution in [1.29, 1.82) is 0 Å². The highest BCUT2D eigenvalue weighted by molar-refractivity contribution is 9.10. The number of halogens is 1. The molecule has 7 nitrogen and oxygen atoms in total. The number of non-ortho nitro benzene ring substituents is 1. The number of hydrogen-bond donors (Lipinski definition) is 1. The van der Waals surface area contributed by atoms with Gasteiger partial charge in [0.15, 0.2) is 0 Å². The molecule has 0 unspecified atom stereocenters. The second-order valence-corrected chi connectivity index (χ2v) is 6.52. The maximum Gasteiger partial charge on any atom is 0.271 e. The molecular formula is C17H14BrN3O4. The van der Waals surface area contributed by atoms with Gasteiger partial charge in [-0.1, -0.05) is 22.0 Å². The third-order valence-electron chi connectivity index (χ3n) is 3.88. The fourth-order valence-electron chi connectivity index (χ4n) is 2.74. The minimum Gasteiger partial charge on any atom is -0.324 e. The van der Waals surface area contributed by atoms with Crippen molar-refractivity contribution >= 4 is 44.8 Å². The molecule has 1 aliphatic heterocycles. The number of anilines is 2. The lowest BCUT2D eigenvalue weighted by Crippen LogP contribution is -2.40. The Balaban J connectivity index is 1.76. The van der Waals surface area contributed by atoms with Crippen molar-refractivity contribution in [3.05, 3.63) is 62.6 Å². The molecule has 0 aliphatic carbocycles. The predicted octanol–water partition coefficient (Wildman–Crippen LogP) is 3.28. The van der Waals surface area contributed by atoms with Gasteiger partial charge in [-0.3, -0.25) is 19.7 Å². The van der Waals surface area contributed by atoms with Crippen LogP contribution in [-0.4, -0.2) is 23.3 Å². The number of amides is 2. The van der Waals surface area contributed by atoms with Crippen LogP contribution in [0.2, 0.25) is 0 Å². The molecule has 0 bridgehead atoms. The Kier molecular flexibility index (Phi) is 4.80. The number of rotatable bonds is 4. The molecule has 2 amide bonds. The lowest BCUT2D eigenvalue weighted by atomic mass is 10.0. The van der Waals surface area contributed by atoms with Crippen LogP contribution >= 0.6 is 15.9 Å². The summed E-state index contributed by atoms with van der Waals surface area (Å²) in [5.74, 6) is -0.534. The van der Waals surface area contributed by atoms with Crippen molar-refractivity contribution in [2.24, 2.45) is 0 Å². The van der Waals surface area contributed by atoms with E-state index in [2.05, 4.69) is 21.2 Å². The topological polar surface area (TPSA) is 92.6 Å². The molecule has 1 heterocycles. The van der Waals surface area contributed by atoms with Crippen LogP contribution in [0.4, 0.5) is 17.1 Å². The Labute approximate surface area is 151 Å². The fraction of sp³-hybridized carbons (Fsp3) is 0.176. The number of benzene rings is 2. The molecule has 2 aromatic carbocycles. The van der Waals surface area contributed by atoms with Gasteiger partial charge >= 0.3 is 0 Å². The van der Waals surface area contributed by atoms with Crippen LogP contribution in [0.5, 0.6) is 0 Å². The van der Waals surface area contributed by atoms with E-state index in [1.807, 2.05) is 12.1 Å². The number of nitrogens with zero attached hydrogens (tertiary/aromatic N) is 2.